The van der Waals surface area contributed by atoms with Gasteiger partial charge in [0.15, 0.2) is 0 Å². The lowest BCUT2D eigenvalue weighted by atomic mass is 10.1. The van der Waals surface area contributed by atoms with Gasteiger partial charge in [0.25, 0.3) is 0 Å². The highest BCUT2D eigenvalue weighted by molar-refractivity contribution is 6.34. The minimum Gasteiger partial charge on any atom is -0.339 e. The summed E-state index contributed by atoms with van der Waals surface area (Å²) in [7, 11) is 2.05. The van der Waals surface area contributed by atoms with Crippen molar-refractivity contribution in [1.82, 2.24) is 9.80 Å². The second-order valence-corrected chi connectivity index (χ2v) is 6.82. The number of anilines is 1. The largest absolute Gasteiger partial charge is 0.339 e. The fraction of sp³-hybridized carbons (Fsp3) is 0.529. The summed E-state index contributed by atoms with van der Waals surface area (Å²) in [6.07, 6.45) is 0.564. The standard InChI is InChI=1S/C17H22ClN3O2/c1-12-3-4-15(14(18)11-12)21-6-5-13(17(21)23)16(22)20-9-7-19(2)8-10-20/h3-4,11,13H,5-10H2,1-2H3. The number of amides is 2. The second-order valence-electron chi connectivity index (χ2n) is 6.41. The van der Waals surface area contributed by atoms with E-state index >= 15 is 0 Å². The SMILES string of the molecule is Cc1ccc(N2CCC(C(=O)N3CCN(C)CC3)C2=O)c(Cl)c1. The molecule has 1 unspecified atom stereocenters. The average molecular weight is 336 g/mol. The molecule has 2 amide bonds. The van der Waals surface area contributed by atoms with Gasteiger partial charge in [-0.05, 0) is 38.1 Å². The highest BCUT2D eigenvalue weighted by Crippen LogP contribution is 2.32. The lowest BCUT2D eigenvalue weighted by Gasteiger charge is -2.33. The Kier molecular flexibility index (Phi) is 4.60. The number of hydrogen-bond donors (Lipinski definition) is 0. The quantitative estimate of drug-likeness (QED) is 0.774. The number of aryl methyl sites for hydroxylation is 1. The topological polar surface area (TPSA) is 43.9 Å². The summed E-state index contributed by atoms with van der Waals surface area (Å²) in [6.45, 7) is 5.63. The number of likely N-dealkylation sites (N-methyl/N-ethyl adjacent to an activating group) is 1. The van der Waals surface area contributed by atoms with Gasteiger partial charge >= 0.3 is 0 Å². The number of halogens is 1. The van der Waals surface area contributed by atoms with Gasteiger partial charge in [0.2, 0.25) is 11.8 Å². The van der Waals surface area contributed by atoms with Crippen LogP contribution in [0.2, 0.25) is 5.02 Å². The zero-order valence-electron chi connectivity index (χ0n) is 13.6. The smallest absolute Gasteiger partial charge is 0.239 e. The fourth-order valence-corrected chi connectivity index (χ4v) is 3.56. The van der Waals surface area contributed by atoms with Gasteiger partial charge in [-0.3, -0.25) is 9.59 Å². The van der Waals surface area contributed by atoms with Crippen molar-refractivity contribution < 1.29 is 9.59 Å². The van der Waals surface area contributed by atoms with Crippen molar-refractivity contribution in [2.75, 3.05) is 44.7 Å². The van der Waals surface area contributed by atoms with Crippen LogP contribution >= 0.6 is 11.6 Å². The predicted octanol–water partition coefficient (Wildman–Crippen LogP) is 1.78. The molecular weight excluding hydrogens is 314 g/mol. The van der Waals surface area contributed by atoms with Crippen LogP contribution in [0, 0.1) is 12.8 Å². The molecule has 5 nitrogen and oxygen atoms in total. The van der Waals surface area contributed by atoms with E-state index in [1.165, 1.54) is 0 Å². The molecule has 23 heavy (non-hydrogen) atoms. The molecule has 0 saturated carbocycles. The van der Waals surface area contributed by atoms with Crippen molar-refractivity contribution in [3.05, 3.63) is 28.8 Å². The molecule has 2 saturated heterocycles. The van der Waals surface area contributed by atoms with Crippen LogP contribution in [-0.4, -0.2) is 61.4 Å². The molecule has 0 bridgehead atoms. The molecule has 0 radical (unpaired) electrons. The molecule has 2 aliphatic heterocycles. The predicted molar refractivity (Wildman–Crippen MR) is 90.7 cm³/mol. The van der Waals surface area contributed by atoms with Gasteiger partial charge in [0.1, 0.15) is 5.92 Å². The first-order valence-electron chi connectivity index (χ1n) is 8.02. The maximum atomic E-state index is 12.7. The third kappa shape index (κ3) is 3.21. The molecule has 2 aliphatic rings. The van der Waals surface area contributed by atoms with E-state index in [-0.39, 0.29) is 11.8 Å². The molecule has 0 aromatic heterocycles. The molecule has 1 aromatic carbocycles. The third-order valence-corrected chi connectivity index (χ3v) is 5.02. The summed E-state index contributed by atoms with van der Waals surface area (Å²) in [5.41, 5.74) is 1.76. The maximum Gasteiger partial charge on any atom is 0.239 e. The Morgan fingerprint density at radius 3 is 2.52 bits per heavy atom. The lowest BCUT2D eigenvalue weighted by Crippen LogP contribution is -2.50. The highest BCUT2D eigenvalue weighted by Gasteiger charge is 2.40. The molecule has 1 atom stereocenters. The molecular formula is C17H22ClN3O2. The number of hydrogen-bond acceptors (Lipinski definition) is 3. The van der Waals surface area contributed by atoms with Crippen molar-refractivity contribution >= 4 is 29.1 Å². The van der Waals surface area contributed by atoms with Crippen LogP contribution in [0.15, 0.2) is 18.2 Å². The van der Waals surface area contributed by atoms with E-state index < -0.39 is 5.92 Å². The number of nitrogens with zero attached hydrogens (tertiary/aromatic N) is 3. The number of benzene rings is 1. The van der Waals surface area contributed by atoms with Gasteiger partial charge in [0.05, 0.1) is 10.7 Å². The first-order chi connectivity index (χ1) is 11.0. The average Bonchev–Trinajstić information content (AvgIpc) is 2.89. The van der Waals surface area contributed by atoms with Crippen LogP contribution in [0.1, 0.15) is 12.0 Å². The van der Waals surface area contributed by atoms with E-state index in [4.69, 9.17) is 11.6 Å². The normalized spacial score (nSPS) is 22.7. The maximum absolute atomic E-state index is 12.7. The van der Waals surface area contributed by atoms with Gasteiger partial charge < -0.3 is 14.7 Å². The highest BCUT2D eigenvalue weighted by atomic mass is 35.5. The van der Waals surface area contributed by atoms with E-state index in [0.29, 0.717) is 36.8 Å². The molecule has 3 rings (SSSR count). The van der Waals surface area contributed by atoms with E-state index in [9.17, 15) is 9.59 Å². The summed E-state index contributed by atoms with van der Waals surface area (Å²) in [5.74, 6) is -0.718. The molecule has 1 aromatic rings. The zero-order valence-corrected chi connectivity index (χ0v) is 14.3. The van der Waals surface area contributed by atoms with Gasteiger partial charge in [0, 0.05) is 32.7 Å². The zero-order chi connectivity index (χ0) is 16.6. The Morgan fingerprint density at radius 2 is 1.87 bits per heavy atom. The summed E-state index contributed by atoms with van der Waals surface area (Å²) in [6, 6.07) is 5.64. The summed E-state index contributed by atoms with van der Waals surface area (Å²) >= 11 is 6.27. The Hall–Kier alpha value is -1.59. The van der Waals surface area contributed by atoms with Crippen LogP contribution in [-0.2, 0) is 9.59 Å². The number of carbonyl (C=O) groups excluding carboxylic acids is 2. The van der Waals surface area contributed by atoms with Crippen molar-refractivity contribution in [2.24, 2.45) is 5.92 Å². The first-order valence-corrected chi connectivity index (χ1v) is 8.40. The van der Waals surface area contributed by atoms with Gasteiger partial charge in [-0.15, -0.1) is 0 Å². The second kappa shape index (κ2) is 6.49. The molecule has 0 aliphatic carbocycles. The van der Waals surface area contributed by atoms with Gasteiger partial charge in [-0.1, -0.05) is 17.7 Å². The minimum atomic E-state index is -0.559. The van der Waals surface area contributed by atoms with E-state index in [0.717, 1.165) is 18.7 Å². The molecule has 2 fully saturated rings. The Labute approximate surface area is 141 Å². The van der Waals surface area contributed by atoms with Crippen LogP contribution in [0.4, 0.5) is 5.69 Å². The fourth-order valence-electron chi connectivity index (χ4n) is 3.23. The minimum absolute atomic E-state index is 0.0335. The lowest BCUT2D eigenvalue weighted by molar-refractivity contribution is -0.141. The Balaban J connectivity index is 1.72. The molecule has 6 heteroatoms. The third-order valence-electron chi connectivity index (χ3n) is 4.71. The molecule has 124 valence electrons. The summed E-state index contributed by atoms with van der Waals surface area (Å²) in [5, 5.41) is 0.561. The van der Waals surface area contributed by atoms with Crippen molar-refractivity contribution in [3.8, 4) is 0 Å². The molecule has 0 N–H and O–H groups in total. The Morgan fingerprint density at radius 1 is 1.17 bits per heavy atom. The van der Waals surface area contributed by atoms with E-state index in [2.05, 4.69) is 4.90 Å². The number of piperazine rings is 1. The first kappa shape index (κ1) is 16.3. The Bertz CT molecular complexity index is 626. The van der Waals surface area contributed by atoms with E-state index in [1.807, 2.05) is 37.1 Å². The monoisotopic (exact) mass is 335 g/mol. The van der Waals surface area contributed by atoms with Crippen molar-refractivity contribution in [3.63, 3.8) is 0 Å². The van der Waals surface area contributed by atoms with Gasteiger partial charge in [-0.25, -0.2) is 0 Å². The molecule has 0 spiro atoms. The molecule has 2 heterocycles. The van der Waals surface area contributed by atoms with Gasteiger partial charge in [-0.2, -0.15) is 0 Å². The summed E-state index contributed by atoms with van der Waals surface area (Å²) < 4.78 is 0. The number of rotatable bonds is 2. The van der Waals surface area contributed by atoms with Crippen LogP contribution in [0.5, 0.6) is 0 Å². The summed E-state index contributed by atoms with van der Waals surface area (Å²) in [4.78, 5) is 31.0. The number of carbonyl (C=O) groups is 2. The van der Waals surface area contributed by atoms with Crippen molar-refractivity contribution in [1.29, 1.82) is 0 Å². The van der Waals surface area contributed by atoms with Crippen molar-refractivity contribution in [2.45, 2.75) is 13.3 Å². The van der Waals surface area contributed by atoms with E-state index in [1.54, 1.807) is 4.90 Å². The van der Waals surface area contributed by atoms with Crippen LogP contribution in [0.3, 0.4) is 0 Å². The van der Waals surface area contributed by atoms with Crippen LogP contribution in [0.25, 0.3) is 0 Å². The van der Waals surface area contributed by atoms with Crippen LogP contribution < -0.4 is 4.90 Å².